The van der Waals surface area contributed by atoms with Gasteiger partial charge in [0.25, 0.3) is 0 Å². The van der Waals surface area contributed by atoms with Crippen molar-refractivity contribution in [1.29, 1.82) is 0 Å². The molecule has 2 unspecified atom stereocenters. The summed E-state index contributed by atoms with van der Waals surface area (Å²) in [5.41, 5.74) is 0. The van der Waals surface area contributed by atoms with Crippen LogP contribution in [-0.2, 0) is 4.79 Å². The van der Waals surface area contributed by atoms with Gasteiger partial charge in [-0.3, -0.25) is 4.79 Å². The number of carbonyl (C=O) groups excluding carboxylic acids is 1. The van der Waals surface area contributed by atoms with Gasteiger partial charge in [0.15, 0.2) is 0 Å². The van der Waals surface area contributed by atoms with E-state index < -0.39 is 0 Å². The first kappa shape index (κ1) is 8.54. The number of hydrogen-bond donors (Lipinski definition) is 1. The van der Waals surface area contributed by atoms with Crippen LogP contribution in [0.2, 0.25) is 0 Å². The van der Waals surface area contributed by atoms with Crippen molar-refractivity contribution in [3.05, 3.63) is 0 Å². The van der Waals surface area contributed by atoms with E-state index in [-0.39, 0.29) is 5.91 Å². The second-order valence-corrected chi connectivity index (χ2v) is 4.70. The van der Waals surface area contributed by atoms with Crippen molar-refractivity contribution in [3.63, 3.8) is 0 Å². The van der Waals surface area contributed by atoms with Gasteiger partial charge in [0.2, 0.25) is 5.91 Å². The van der Waals surface area contributed by atoms with Crippen LogP contribution in [0.1, 0.15) is 19.3 Å². The Morgan fingerprint density at radius 2 is 2.00 bits per heavy atom. The van der Waals surface area contributed by atoms with Gasteiger partial charge >= 0.3 is 0 Å². The van der Waals surface area contributed by atoms with Crippen LogP contribution >= 0.6 is 15.9 Å². The van der Waals surface area contributed by atoms with E-state index in [4.69, 9.17) is 0 Å². The molecule has 0 bridgehead atoms. The maximum absolute atomic E-state index is 11.4. The number of rotatable bonds is 3. The number of hydrogen-bond acceptors (Lipinski definition) is 1. The molecule has 0 aromatic heterocycles. The van der Waals surface area contributed by atoms with Crippen LogP contribution in [0.25, 0.3) is 0 Å². The van der Waals surface area contributed by atoms with Crippen molar-refractivity contribution in [2.75, 3.05) is 11.9 Å². The molecule has 0 aromatic carbocycles. The third-order valence-electron chi connectivity index (χ3n) is 3.01. The summed E-state index contributed by atoms with van der Waals surface area (Å²) in [6, 6.07) is 0. The van der Waals surface area contributed by atoms with Crippen LogP contribution in [0, 0.1) is 17.8 Å². The van der Waals surface area contributed by atoms with E-state index in [0.717, 1.165) is 36.6 Å². The summed E-state index contributed by atoms with van der Waals surface area (Å²) >= 11 is 3.29. The number of fused-ring (bicyclic) bond motifs is 1. The highest BCUT2D eigenvalue weighted by molar-refractivity contribution is 9.09. The van der Waals surface area contributed by atoms with E-state index in [1.807, 2.05) is 0 Å². The van der Waals surface area contributed by atoms with Gasteiger partial charge in [-0.05, 0) is 31.1 Å². The molecule has 12 heavy (non-hydrogen) atoms. The normalized spacial score (nSPS) is 37.6. The number of halogens is 1. The third kappa shape index (κ3) is 1.65. The highest BCUT2D eigenvalue weighted by Gasteiger charge is 2.47. The smallest absolute Gasteiger partial charge is 0.223 e. The Kier molecular flexibility index (Phi) is 2.40. The first-order chi connectivity index (χ1) is 5.81. The van der Waals surface area contributed by atoms with E-state index in [1.165, 1.54) is 6.42 Å². The Bertz CT molecular complexity index is 185. The lowest BCUT2D eigenvalue weighted by atomic mass is 10.0. The number of carbonyl (C=O) groups is 1. The second-order valence-electron chi connectivity index (χ2n) is 3.90. The summed E-state index contributed by atoms with van der Waals surface area (Å²) in [4.78, 5) is 11.4. The van der Waals surface area contributed by atoms with Gasteiger partial charge in [0.1, 0.15) is 0 Å². The molecule has 2 nitrogen and oxygen atoms in total. The van der Waals surface area contributed by atoms with Crippen molar-refractivity contribution in [1.82, 2.24) is 5.32 Å². The lowest BCUT2D eigenvalue weighted by Gasteiger charge is -2.10. The van der Waals surface area contributed by atoms with Gasteiger partial charge in [-0.25, -0.2) is 0 Å². The van der Waals surface area contributed by atoms with E-state index in [2.05, 4.69) is 21.2 Å². The quantitative estimate of drug-likeness (QED) is 0.735. The molecule has 0 saturated heterocycles. The molecule has 0 spiro atoms. The Labute approximate surface area is 81.2 Å². The van der Waals surface area contributed by atoms with E-state index in [0.29, 0.717) is 5.92 Å². The number of amides is 1. The molecule has 0 aliphatic heterocycles. The van der Waals surface area contributed by atoms with Crippen LogP contribution in [-0.4, -0.2) is 17.8 Å². The highest BCUT2D eigenvalue weighted by atomic mass is 79.9. The summed E-state index contributed by atoms with van der Waals surface area (Å²) in [5, 5.41) is 3.79. The predicted octanol–water partition coefficient (Wildman–Crippen LogP) is 1.54. The minimum atomic E-state index is 0.279. The molecule has 2 aliphatic rings. The predicted molar refractivity (Wildman–Crippen MR) is 51.1 cm³/mol. The zero-order valence-electron chi connectivity index (χ0n) is 7.05. The molecule has 3 heteroatoms. The first-order valence-corrected chi connectivity index (χ1v) is 5.77. The number of alkyl halides is 1. The molecule has 2 atom stereocenters. The maximum atomic E-state index is 11.4. The summed E-state index contributed by atoms with van der Waals surface area (Å²) in [6.07, 6.45) is 3.69. The standard InChI is InChI=1S/C9H14BrNO/c10-1-2-11-9(12)8-4-6-3-7(6)5-8/h6-8H,1-5H2,(H,11,12). The fourth-order valence-corrected chi connectivity index (χ4v) is 2.44. The van der Waals surface area contributed by atoms with Crippen LogP contribution < -0.4 is 5.32 Å². The molecular weight excluding hydrogens is 218 g/mol. The SMILES string of the molecule is O=C(NCCBr)C1CC2CC2C1. The minimum absolute atomic E-state index is 0.279. The van der Waals surface area contributed by atoms with Crippen molar-refractivity contribution < 1.29 is 4.79 Å². The molecule has 0 aromatic rings. The first-order valence-electron chi connectivity index (χ1n) is 4.65. The molecule has 2 aliphatic carbocycles. The largest absolute Gasteiger partial charge is 0.355 e. The zero-order valence-corrected chi connectivity index (χ0v) is 8.64. The van der Waals surface area contributed by atoms with Crippen molar-refractivity contribution in [2.45, 2.75) is 19.3 Å². The third-order valence-corrected chi connectivity index (χ3v) is 3.40. The monoisotopic (exact) mass is 231 g/mol. The Morgan fingerprint density at radius 3 is 2.58 bits per heavy atom. The van der Waals surface area contributed by atoms with Crippen molar-refractivity contribution in [3.8, 4) is 0 Å². The van der Waals surface area contributed by atoms with Crippen LogP contribution in [0.15, 0.2) is 0 Å². The Morgan fingerprint density at radius 1 is 1.33 bits per heavy atom. The summed E-state index contributed by atoms with van der Waals surface area (Å²) in [7, 11) is 0. The summed E-state index contributed by atoms with van der Waals surface area (Å²) in [5.74, 6) is 2.43. The second kappa shape index (κ2) is 3.36. The fourth-order valence-electron chi connectivity index (χ4n) is 2.24. The Balaban J connectivity index is 1.73. The highest BCUT2D eigenvalue weighted by Crippen LogP contribution is 2.54. The fraction of sp³-hybridized carbons (Fsp3) is 0.889. The van der Waals surface area contributed by atoms with Crippen LogP contribution in [0.5, 0.6) is 0 Å². The topological polar surface area (TPSA) is 29.1 Å². The van der Waals surface area contributed by atoms with Gasteiger partial charge < -0.3 is 5.32 Å². The van der Waals surface area contributed by atoms with Gasteiger partial charge in [-0.2, -0.15) is 0 Å². The molecule has 0 heterocycles. The Hall–Kier alpha value is -0.0500. The van der Waals surface area contributed by atoms with E-state index in [9.17, 15) is 4.79 Å². The lowest BCUT2D eigenvalue weighted by Crippen LogP contribution is -2.31. The van der Waals surface area contributed by atoms with Gasteiger partial charge in [-0.15, -0.1) is 0 Å². The van der Waals surface area contributed by atoms with Crippen molar-refractivity contribution >= 4 is 21.8 Å². The average Bonchev–Trinajstić information content (AvgIpc) is 2.69. The van der Waals surface area contributed by atoms with Crippen LogP contribution in [0.3, 0.4) is 0 Å². The van der Waals surface area contributed by atoms with E-state index in [1.54, 1.807) is 0 Å². The molecule has 2 rings (SSSR count). The molecule has 2 fully saturated rings. The van der Waals surface area contributed by atoms with E-state index >= 15 is 0 Å². The zero-order chi connectivity index (χ0) is 8.55. The van der Waals surface area contributed by atoms with Crippen molar-refractivity contribution in [2.24, 2.45) is 17.8 Å². The molecule has 0 radical (unpaired) electrons. The molecule has 1 amide bonds. The summed E-state index contributed by atoms with van der Waals surface area (Å²) < 4.78 is 0. The molecule has 2 saturated carbocycles. The molecule has 1 N–H and O–H groups in total. The maximum Gasteiger partial charge on any atom is 0.223 e. The summed E-state index contributed by atoms with van der Waals surface area (Å²) in [6.45, 7) is 0.769. The number of nitrogens with one attached hydrogen (secondary N) is 1. The van der Waals surface area contributed by atoms with Gasteiger partial charge in [0.05, 0.1) is 0 Å². The van der Waals surface area contributed by atoms with Gasteiger partial charge in [0, 0.05) is 17.8 Å². The minimum Gasteiger partial charge on any atom is -0.355 e. The van der Waals surface area contributed by atoms with Gasteiger partial charge in [-0.1, -0.05) is 15.9 Å². The lowest BCUT2D eigenvalue weighted by molar-refractivity contribution is -0.124. The molecular formula is C9H14BrNO. The average molecular weight is 232 g/mol. The van der Waals surface area contributed by atoms with Crippen LogP contribution in [0.4, 0.5) is 0 Å². The molecule has 68 valence electrons.